The first-order valence-electron chi connectivity index (χ1n) is 6.20. The van der Waals surface area contributed by atoms with E-state index < -0.39 is 4.92 Å². The second kappa shape index (κ2) is 6.29. The molecule has 1 aliphatic heterocycles. The van der Waals surface area contributed by atoms with E-state index in [4.69, 9.17) is 4.74 Å². The maximum Gasteiger partial charge on any atom is 0.291 e. The van der Waals surface area contributed by atoms with Crippen LogP contribution in [0.5, 0.6) is 0 Å². The molecule has 1 saturated heterocycles. The Bertz CT molecular complexity index is 476. The van der Waals surface area contributed by atoms with Crippen molar-refractivity contribution in [3.63, 3.8) is 0 Å². The number of hydrogen-bond donors (Lipinski definition) is 1. The van der Waals surface area contributed by atoms with Crippen molar-refractivity contribution < 1.29 is 9.66 Å². The number of nitrogens with one attached hydrogen (secondary N) is 1. The second-order valence-corrected chi connectivity index (χ2v) is 5.43. The SMILES string of the molecule is Cc1c([N+](=O)[O-])cnc(NCCC2CCOC2)c1Br. The normalized spacial score (nSPS) is 18.5. The van der Waals surface area contributed by atoms with Gasteiger partial charge >= 0.3 is 0 Å². The lowest BCUT2D eigenvalue weighted by Crippen LogP contribution is -2.11. The highest BCUT2D eigenvalue weighted by atomic mass is 79.9. The van der Waals surface area contributed by atoms with Gasteiger partial charge in [-0.25, -0.2) is 4.98 Å². The van der Waals surface area contributed by atoms with Crippen molar-refractivity contribution in [3.05, 3.63) is 26.3 Å². The minimum atomic E-state index is -0.424. The topological polar surface area (TPSA) is 77.3 Å². The maximum atomic E-state index is 10.8. The molecular weight excluding hydrogens is 314 g/mol. The Morgan fingerprint density at radius 3 is 3.11 bits per heavy atom. The first kappa shape index (κ1) is 14.2. The van der Waals surface area contributed by atoms with Gasteiger partial charge in [0.1, 0.15) is 12.0 Å². The number of hydrogen-bond acceptors (Lipinski definition) is 5. The van der Waals surface area contributed by atoms with Gasteiger partial charge < -0.3 is 10.1 Å². The molecule has 1 aliphatic rings. The van der Waals surface area contributed by atoms with Crippen LogP contribution in [0.3, 0.4) is 0 Å². The highest BCUT2D eigenvalue weighted by Gasteiger charge is 2.18. The lowest BCUT2D eigenvalue weighted by molar-refractivity contribution is -0.385. The predicted molar refractivity (Wildman–Crippen MR) is 75.4 cm³/mol. The number of nitro groups is 1. The summed E-state index contributed by atoms with van der Waals surface area (Å²) in [5, 5.41) is 14.0. The van der Waals surface area contributed by atoms with Crippen LogP contribution in [0.25, 0.3) is 0 Å². The maximum absolute atomic E-state index is 10.8. The van der Waals surface area contributed by atoms with Gasteiger partial charge in [0.25, 0.3) is 5.69 Å². The summed E-state index contributed by atoms with van der Waals surface area (Å²) in [5.74, 6) is 1.26. The predicted octanol–water partition coefficient (Wildman–Crippen LogP) is 2.90. The molecule has 0 saturated carbocycles. The number of ether oxygens (including phenoxy) is 1. The molecule has 6 nitrogen and oxygen atoms in total. The van der Waals surface area contributed by atoms with Gasteiger partial charge in [0, 0.05) is 25.3 Å². The van der Waals surface area contributed by atoms with Crippen LogP contribution < -0.4 is 5.32 Å². The molecule has 1 unspecified atom stereocenters. The average Bonchev–Trinajstić information content (AvgIpc) is 2.87. The van der Waals surface area contributed by atoms with Gasteiger partial charge in [0.2, 0.25) is 0 Å². The summed E-state index contributed by atoms with van der Waals surface area (Å²) in [6.45, 7) is 4.18. The zero-order chi connectivity index (χ0) is 13.8. The van der Waals surface area contributed by atoms with Gasteiger partial charge in [0.15, 0.2) is 0 Å². The lowest BCUT2D eigenvalue weighted by Gasteiger charge is -2.11. The standard InChI is InChI=1S/C12H16BrN3O3/c1-8-10(16(17)18)6-15-12(11(8)13)14-4-2-9-3-5-19-7-9/h6,9H,2-5,7H2,1H3,(H,14,15). The summed E-state index contributed by atoms with van der Waals surface area (Å²) in [6.07, 6.45) is 3.42. The van der Waals surface area contributed by atoms with Crippen LogP contribution in [-0.4, -0.2) is 29.7 Å². The van der Waals surface area contributed by atoms with Crippen molar-refractivity contribution in [2.24, 2.45) is 5.92 Å². The number of pyridine rings is 1. The molecule has 0 bridgehead atoms. The van der Waals surface area contributed by atoms with E-state index in [0.717, 1.165) is 32.6 Å². The Morgan fingerprint density at radius 2 is 2.47 bits per heavy atom. The fourth-order valence-electron chi connectivity index (χ4n) is 2.08. The summed E-state index contributed by atoms with van der Waals surface area (Å²) in [4.78, 5) is 14.5. The van der Waals surface area contributed by atoms with E-state index in [2.05, 4.69) is 26.2 Å². The van der Waals surface area contributed by atoms with Crippen molar-refractivity contribution >= 4 is 27.4 Å². The van der Waals surface area contributed by atoms with E-state index in [1.54, 1.807) is 6.92 Å². The molecule has 19 heavy (non-hydrogen) atoms. The van der Waals surface area contributed by atoms with E-state index in [0.29, 0.717) is 21.8 Å². The zero-order valence-corrected chi connectivity index (χ0v) is 12.3. The van der Waals surface area contributed by atoms with Crippen LogP contribution in [0, 0.1) is 23.0 Å². The van der Waals surface area contributed by atoms with E-state index >= 15 is 0 Å². The largest absolute Gasteiger partial charge is 0.381 e. The molecule has 0 amide bonds. The number of rotatable bonds is 5. The van der Waals surface area contributed by atoms with Crippen LogP contribution in [0.4, 0.5) is 11.5 Å². The van der Waals surface area contributed by atoms with Crippen LogP contribution >= 0.6 is 15.9 Å². The van der Waals surface area contributed by atoms with Gasteiger partial charge in [-0.3, -0.25) is 10.1 Å². The summed E-state index contributed by atoms with van der Waals surface area (Å²) < 4.78 is 5.97. The third-order valence-electron chi connectivity index (χ3n) is 3.30. The number of aromatic nitrogens is 1. The molecule has 1 atom stereocenters. The van der Waals surface area contributed by atoms with Crippen molar-refractivity contribution in [3.8, 4) is 0 Å². The van der Waals surface area contributed by atoms with E-state index in [9.17, 15) is 10.1 Å². The minimum absolute atomic E-state index is 0.0293. The van der Waals surface area contributed by atoms with Crippen molar-refractivity contribution in [1.29, 1.82) is 0 Å². The molecule has 1 aromatic rings. The minimum Gasteiger partial charge on any atom is -0.381 e. The number of anilines is 1. The van der Waals surface area contributed by atoms with E-state index in [-0.39, 0.29) is 5.69 Å². The highest BCUT2D eigenvalue weighted by Crippen LogP contribution is 2.30. The van der Waals surface area contributed by atoms with Gasteiger partial charge in [-0.1, -0.05) is 0 Å². The smallest absolute Gasteiger partial charge is 0.291 e. The lowest BCUT2D eigenvalue weighted by atomic mass is 10.1. The fourth-order valence-corrected chi connectivity index (χ4v) is 2.53. The van der Waals surface area contributed by atoms with Gasteiger partial charge in [-0.2, -0.15) is 0 Å². The molecule has 0 aliphatic carbocycles. The van der Waals surface area contributed by atoms with Crippen LogP contribution in [0.15, 0.2) is 10.7 Å². The molecule has 1 aromatic heterocycles. The second-order valence-electron chi connectivity index (χ2n) is 4.63. The van der Waals surface area contributed by atoms with E-state index in [1.165, 1.54) is 6.20 Å². The Labute approximate surface area is 119 Å². The monoisotopic (exact) mass is 329 g/mol. The van der Waals surface area contributed by atoms with Gasteiger partial charge in [-0.05, 0) is 41.6 Å². The molecule has 2 rings (SSSR count). The van der Waals surface area contributed by atoms with Crippen molar-refractivity contribution in [1.82, 2.24) is 4.98 Å². The fraction of sp³-hybridized carbons (Fsp3) is 0.583. The summed E-state index contributed by atoms with van der Waals surface area (Å²) in [7, 11) is 0. The molecule has 7 heteroatoms. The molecule has 104 valence electrons. The Morgan fingerprint density at radius 1 is 1.68 bits per heavy atom. The van der Waals surface area contributed by atoms with Gasteiger partial charge in [0.05, 0.1) is 9.40 Å². The first-order valence-corrected chi connectivity index (χ1v) is 7.00. The molecule has 0 spiro atoms. The third kappa shape index (κ3) is 3.42. The molecule has 1 N–H and O–H groups in total. The summed E-state index contributed by atoms with van der Waals surface area (Å²) in [6, 6.07) is 0. The summed E-state index contributed by atoms with van der Waals surface area (Å²) in [5.41, 5.74) is 0.619. The highest BCUT2D eigenvalue weighted by molar-refractivity contribution is 9.10. The number of halogens is 1. The Kier molecular flexibility index (Phi) is 4.71. The quantitative estimate of drug-likeness (QED) is 0.663. The van der Waals surface area contributed by atoms with E-state index in [1.807, 2.05) is 0 Å². The molecule has 2 heterocycles. The van der Waals surface area contributed by atoms with Gasteiger partial charge in [-0.15, -0.1) is 0 Å². The van der Waals surface area contributed by atoms with Crippen LogP contribution in [0.2, 0.25) is 0 Å². The van der Waals surface area contributed by atoms with Crippen molar-refractivity contribution in [2.45, 2.75) is 19.8 Å². The number of nitrogens with zero attached hydrogens (tertiary/aromatic N) is 2. The van der Waals surface area contributed by atoms with Crippen molar-refractivity contribution in [2.75, 3.05) is 25.1 Å². The molecule has 0 radical (unpaired) electrons. The Hall–Kier alpha value is -1.21. The third-order valence-corrected chi connectivity index (χ3v) is 4.27. The average molecular weight is 330 g/mol. The molecular formula is C12H16BrN3O3. The van der Waals surface area contributed by atoms with Crippen LogP contribution in [-0.2, 0) is 4.74 Å². The zero-order valence-electron chi connectivity index (χ0n) is 10.7. The molecule has 1 fully saturated rings. The Balaban J connectivity index is 1.96. The van der Waals surface area contributed by atoms with Crippen LogP contribution in [0.1, 0.15) is 18.4 Å². The summed E-state index contributed by atoms with van der Waals surface area (Å²) >= 11 is 3.36. The molecule has 0 aromatic carbocycles. The first-order chi connectivity index (χ1) is 9.09.